The lowest BCUT2D eigenvalue weighted by molar-refractivity contribution is 0.0596. The molecule has 0 saturated heterocycles. The maximum absolute atomic E-state index is 13.3. The number of anilines is 2. The fourth-order valence-corrected chi connectivity index (χ4v) is 4.97. The van der Waals surface area contributed by atoms with E-state index in [0.717, 1.165) is 17.9 Å². The van der Waals surface area contributed by atoms with Crippen molar-refractivity contribution in [2.24, 2.45) is 0 Å². The number of hydrogen-bond donors (Lipinski definition) is 2. The zero-order valence-electron chi connectivity index (χ0n) is 21.9. The van der Waals surface area contributed by atoms with E-state index >= 15 is 0 Å². The molecule has 2 N–H and O–H groups in total. The Morgan fingerprint density at radius 3 is 2.27 bits per heavy atom. The van der Waals surface area contributed by atoms with E-state index in [1.807, 2.05) is 57.0 Å². The first-order chi connectivity index (χ1) is 17.5. The molecule has 9 heteroatoms. The largest absolute Gasteiger partial charge is 0.465 e. The van der Waals surface area contributed by atoms with Gasteiger partial charge in [0.2, 0.25) is 9.84 Å². The molecule has 8 nitrogen and oxygen atoms in total. The number of methoxy groups -OCH3 is 1. The molecule has 2 rings (SSSR count). The van der Waals surface area contributed by atoms with Crippen LogP contribution in [-0.4, -0.2) is 53.1 Å². The number of ether oxygens (including phenoxy) is 1. The van der Waals surface area contributed by atoms with Crippen molar-refractivity contribution in [1.82, 2.24) is 5.32 Å². The lowest BCUT2D eigenvalue weighted by Crippen LogP contribution is -2.47. The van der Waals surface area contributed by atoms with E-state index in [1.54, 1.807) is 0 Å². The second-order valence-corrected chi connectivity index (χ2v) is 10.4. The third-order valence-corrected chi connectivity index (χ3v) is 7.89. The number of hydrogen-bond acceptors (Lipinski definition) is 7. The molecule has 1 amide bonds. The van der Waals surface area contributed by atoms with Gasteiger partial charge in [-0.25, -0.2) is 13.2 Å². The number of rotatable bonds is 12. The van der Waals surface area contributed by atoms with Crippen molar-refractivity contribution in [1.29, 1.82) is 0 Å². The van der Waals surface area contributed by atoms with Crippen molar-refractivity contribution in [2.75, 3.05) is 30.9 Å². The molecule has 0 saturated carbocycles. The first-order valence-corrected chi connectivity index (χ1v) is 13.3. The highest BCUT2D eigenvalue weighted by molar-refractivity contribution is 7.95. The highest BCUT2D eigenvalue weighted by atomic mass is 32.2. The van der Waals surface area contributed by atoms with Crippen LogP contribution in [0.3, 0.4) is 0 Å². The van der Waals surface area contributed by atoms with Gasteiger partial charge in [0, 0.05) is 37.1 Å². The van der Waals surface area contributed by atoms with Gasteiger partial charge in [-0.15, -0.1) is 0 Å². The molecule has 0 aliphatic rings. The summed E-state index contributed by atoms with van der Waals surface area (Å²) in [6, 6.07) is 11.2. The quantitative estimate of drug-likeness (QED) is 0.309. The van der Waals surface area contributed by atoms with Gasteiger partial charge >= 0.3 is 5.97 Å². The molecular formula is C28H35N3O5S. The van der Waals surface area contributed by atoms with Crippen LogP contribution in [0.15, 0.2) is 83.7 Å². The van der Waals surface area contributed by atoms with Crippen LogP contribution >= 0.6 is 0 Å². The molecule has 0 aliphatic heterocycles. The average molecular weight is 526 g/mol. The molecule has 37 heavy (non-hydrogen) atoms. The zero-order chi connectivity index (χ0) is 27.8. The topological polar surface area (TPSA) is 105 Å². The predicted molar refractivity (Wildman–Crippen MR) is 149 cm³/mol. The number of benzene rings is 2. The summed E-state index contributed by atoms with van der Waals surface area (Å²) >= 11 is 0. The summed E-state index contributed by atoms with van der Waals surface area (Å²) in [7, 11) is -0.879. The Morgan fingerprint density at radius 2 is 1.73 bits per heavy atom. The highest BCUT2D eigenvalue weighted by Gasteiger charge is 2.26. The fraction of sp³-hybridized carbons (Fsp3) is 0.286. The van der Waals surface area contributed by atoms with Gasteiger partial charge in [-0.2, -0.15) is 0 Å². The second-order valence-electron chi connectivity index (χ2n) is 8.40. The number of amides is 1. The maximum atomic E-state index is 13.3. The summed E-state index contributed by atoms with van der Waals surface area (Å²) in [5.74, 6) is -1.35. The molecule has 0 radical (unpaired) electrons. The molecule has 2 aromatic carbocycles. The third kappa shape index (κ3) is 6.89. The minimum absolute atomic E-state index is 0.0426. The maximum Gasteiger partial charge on any atom is 0.338 e. The number of likely N-dealkylation sites (N-methyl/N-ethyl adjacent to an activating group) is 1. The fourth-order valence-electron chi connectivity index (χ4n) is 3.68. The molecule has 198 valence electrons. The lowest BCUT2D eigenvalue weighted by atomic mass is 10.0. The van der Waals surface area contributed by atoms with Gasteiger partial charge in [-0.3, -0.25) is 4.79 Å². The summed E-state index contributed by atoms with van der Waals surface area (Å²) in [6.45, 7) is 13.7. The minimum Gasteiger partial charge on any atom is -0.465 e. The Labute approximate surface area is 219 Å². The van der Waals surface area contributed by atoms with E-state index in [2.05, 4.69) is 23.8 Å². The van der Waals surface area contributed by atoms with E-state index in [0.29, 0.717) is 0 Å². The van der Waals surface area contributed by atoms with Crippen molar-refractivity contribution in [3.8, 4) is 0 Å². The van der Waals surface area contributed by atoms with Crippen LogP contribution in [0, 0.1) is 0 Å². The molecule has 0 fully saturated rings. The predicted octanol–water partition coefficient (Wildman–Crippen LogP) is 4.58. The van der Waals surface area contributed by atoms with E-state index in [9.17, 15) is 18.0 Å². The van der Waals surface area contributed by atoms with Crippen molar-refractivity contribution in [3.05, 3.63) is 89.9 Å². The molecule has 1 unspecified atom stereocenters. The van der Waals surface area contributed by atoms with Crippen LogP contribution in [0.25, 0.3) is 0 Å². The zero-order valence-corrected chi connectivity index (χ0v) is 22.8. The first-order valence-electron chi connectivity index (χ1n) is 11.8. The summed E-state index contributed by atoms with van der Waals surface area (Å²) < 4.78 is 31.0. The molecular weight excluding hydrogens is 490 g/mol. The number of sulfone groups is 1. The van der Waals surface area contributed by atoms with Gasteiger partial charge in [0.25, 0.3) is 5.91 Å². The Morgan fingerprint density at radius 1 is 1.08 bits per heavy atom. The molecule has 0 bridgehead atoms. The number of allylic oxidation sites excluding steroid dienone is 3. The smallest absolute Gasteiger partial charge is 0.338 e. The Kier molecular flexibility index (Phi) is 10.3. The van der Waals surface area contributed by atoms with E-state index in [1.165, 1.54) is 43.5 Å². The van der Waals surface area contributed by atoms with Gasteiger partial charge in [0.15, 0.2) is 0 Å². The number of carbonyl (C=O) groups is 2. The van der Waals surface area contributed by atoms with Gasteiger partial charge in [0.05, 0.1) is 28.0 Å². The first kappa shape index (κ1) is 29.4. The van der Waals surface area contributed by atoms with Crippen LogP contribution in [0.4, 0.5) is 11.4 Å². The Balaban J connectivity index is 2.37. The molecule has 2 aromatic rings. The summed E-state index contributed by atoms with van der Waals surface area (Å²) in [5.41, 5.74) is 1.83. The monoisotopic (exact) mass is 525 g/mol. The van der Waals surface area contributed by atoms with Crippen LogP contribution in [0.5, 0.6) is 0 Å². The van der Waals surface area contributed by atoms with E-state index in [-0.39, 0.29) is 33.0 Å². The molecule has 0 aliphatic carbocycles. The van der Waals surface area contributed by atoms with Gasteiger partial charge in [-0.1, -0.05) is 25.3 Å². The van der Waals surface area contributed by atoms with Crippen LogP contribution < -0.4 is 15.5 Å². The van der Waals surface area contributed by atoms with Gasteiger partial charge in [-0.05, 0) is 69.3 Å². The van der Waals surface area contributed by atoms with Crippen LogP contribution in [0.1, 0.15) is 41.5 Å². The van der Waals surface area contributed by atoms with Gasteiger partial charge in [0.1, 0.15) is 0 Å². The van der Waals surface area contributed by atoms with E-state index < -0.39 is 21.7 Å². The van der Waals surface area contributed by atoms with Crippen LogP contribution in [-0.2, 0) is 14.6 Å². The van der Waals surface area contributed by atoms with E-state index in [4.69, 9.17) is 4.74 Å². The SMILES string of the molecule is C=C/C=C(\C=C)S(=O)(=O)c1ccc(C(=O)OC)c(C(=O)N[C@H](C)C(C)N(C)c2ccc(NCC)cc2)c1. The number of nitrogens with zero attached hydrogens (tertiary/aromatic N) is 1. The summed E-state index contributed by atoms with van der Waals surface area (Å²) in [4.78, 5) is 27.5. The number of nitrogens with one attached hydrogen (secondary N) is 2. The van der Waals surface area contributed by atoms with Crippen molar-refractivity contribution in [2.45, 2.75) is 37.8 Å². The average Bonchev–Trinajstić information content (AvgIpc) is 2.90. The van der Waals surface area contributed by atoms with Crippen molar-refractivity contribution in [3.63, 3.8) is 0 Å². The Hall–Kier alpha value is -3.85. The third-order valence-electron chi connectivity index (χ3n) is 6.09. The molecule has 0 spiro atoms. The highest BCUT2D eigenvalue weighted by Crippen LogP contribution is 2.25. The lowest BCUT2D eigenvalue weighted by Gasteiger charge is -2.32. The van der Waals surface area contributed by atoms with Crippen LogP contribution in [0.2, 0.25) is 0 Å². The second kappa shape index (κ2) is 12.9. The summed E-state index contributed by atoms with van der Waals surface area (Å²) in [6.07, 6.45) is 3.83. The molecule has 0 aromatic heterocycles. The van der Waals surface area contributed by atoms with Crippen molar-refractivity contribution >= 4 is 33.1 Å². The number of esters is 1. The minimum atomic E-state index is -3.99. The number of carbonyl (C=O) groups excluding carboxylic acids is 2. The molecule has 2 atom stereocenters. The van der Waals surface area contributed by atoms with Gasteiger partial charge < -0.3 is 20.3 Å². The molecule has 0 heterocycles. The van der Waals surface area contributed by atoms with Crippen molar-refractivity contribution < 1.29 is 22.7 Å². The normalized spacial score (nSPS) is 13.2. The standard InChI is InChI=1S/C28H35N3O5S/c1-8-11-23(9-2)37(34,35)24-16-17-25(28(33)36-7)26(18-24)27(32)30-19(4)20(5)31(6)22-14-12-21(13-15-22)29-10-3/h8-9,11-20,29H,1-2,10H2,3-7H3,(H,30,32)/b23-11+/t19-,20?/m1/s1. The Bertz CT molecular complexity index is 1280. The summed E-state index contributed by atoms with van der Waals surface area (Å²) in [5, 5.41) is 6.15.